The molecule has 4 nitrogen and oxygen atoms in total. The predicted octanol–water partition coefficient (Wildman–Crippen LogP) is 0.781. The maximum absolute atomic E-state index is 10.7. The number of aliphatic carboxylic acids is 1. The maximum atomic E-state index is 10.7. The molecule has 0 aromatic rings. The minimum Gasteiger partial charge on any atom is -0.481 e. The molecule has 1 aliphatic heterocycles. The summed E-state index contributed by atoms with van der Waals surface area (Å²) in [6.07, 6.45) is 0.215. The summed E-state index contributed by atoms with van der Waals surface area (Å²) < 4.78 is 0. The molecule has 1 fully saturated rings. The maximum Gasteiger partial charge on any atom is 0.304 e. The molecule has 1 heterocycles. The van der Waals surface area contributed by atoms with Gasteiger partial charge in [-0.1, -0.05) is 20.8 Å². The van der Waals surface area contributed by atoms with Crippen molar-refractivity contribution in [3.63, 3.8) is 0 Å². The van der Waals surface area contributed by atoms with E-state index in [0.717, 1.165) is 26.2 Å². The molecule has 0 radical (unpaired) electrons. The first-order valence-corrected chi connectivity index (χ1v) is 5.60. The summed E-state index contributed by atoms with van der Waals surface area (Å²) in [4.78, 5) is 13.0. The van der Waals surface area contributed by atoms with Gasteiger partial charge in [-0.25, -0.2) is 0 Å². The van der Waals surface area contributed by atoms with Crippen LogP contribution in [0.25, 0.3) is 0 Å². The van der Waals surface area contributed by atoms with E-state index in [0.29, 0.717) is 0 Å². The van der Waals surface area contributed by atoms with E-state index in [1.165, 1.54) is 0 Å². The van der Waals surface area contributed by atoms with Gasteiger partial charge in [0.2, 0.25) is 0 Å². The van der Waals surface area contributed by atoms with Crippen LogP contribution in [0.4, 0.5) is 0 Å². The lowest BCUT2D eigenvalue weighted by Gasteiger charge is -2.27. The van der Waals surface area contributed by atoms with Crippen LogP contribution in [0.5, 0.6) is 0 Å². The zero-order valence-corrected chi connectivity index (χ0v) is 9.92. The largest absolute Gasteiger partial charge is 0.481 e. The van der Waals surface area contributed by atoms with Crippen LogP contribution < -0.4 is 5.32 Å². The number of hydrogen-bond donors (Lipinski definition) is 2. The molecule has 1 rings (SSSR count). The average molecular weight is 214 g/mol. The monoisotopic (exact) mass is 214 g/mol. The van der Waals surface area contributed by atoms with Gasteiger partial charge in [-0.2, -0.15) is 0 Å². The second kappa shape index (κ2) is 4.94. The van der Waals surface area contributed by atoms with E-state index < -0.39 is 5.97 Å². The van der Waals surface area contributed by atoms with Gasteiger partial charge in [0.25, 0.3) is 0 Å². The zero-order chi connectivity index (χ0) is 11.5. The highest BCUT2D eigenvalue weighted by Gasteiger charge is 2.28. The third-order valence-electron chi connectivity index (χ3n) is 2.87. The SMILES string of the molecule is CCN1CC(CC(=O)O)NCC(C)(C)C1. The van der Waals surface area contributed by atoms with Crippen LogP contribution in [-0.4, -0.2) is 48.2 Å². The summed E-state index contributed by atoms with van der Waals surface area (Å²) in [7, 11) is 0. The van der Waals surface area contributed by atoms with Crippen LogP contribution >= 0.6 is 0 Å². The Bertz CT molecular complexity index is 229. The first-order valence-electron chi connectivity index (χ1n) is 5.60. The Morgan fingerprint density at radius 1 is 1.60 bits per heavy atom. The summed E-state index contributed by atoms with van der Waals surface area (Å²) in [5.41, 5.74) is 0.225. The molecule has 0 aromatic heterocycles. The van der Waals surface area contributed by atoms with Gasteiger partial charge in [0.05, 0.1) is 6.42 Å². The molecule has 1 unspecified atom stereocenters. The Morgan fingerprint density at radius 3 is 2.80 bits per heavy atom. The lowest BCUT2D eigenvalue weighted by molar-refractivity contribution is -0.137. The van der Waals surface area contributed by atoms with Crippen LogP contribution in [0.1, 0.15) is 27.2 Å². The Hall–Kier alpha value is -0.610. The molecule has 88 valence electrons. The normalized spacial score (nSPS) is 27.3. The minimum absolute atomic E-state index is 0.0872. The molecule has 4 heteroatoms. The second-order valence-electron chi connectivity index (χ2n) is 5.17. The Balaban J connectivity index is 2.59. The number of carbonyl (C=O) groups is 1. The van der Waals surface area contributed by atoms with Crippen LogP contribution in [-0.2, 0) is 4.79 Å². The second-order valence-corrected chi connectivity index (χ2v) is 5.17. The number of carboxylic acids is 1. The number of hydrogen-bond acceptors (Lipinski definition) is 3. The zero-order valence-electron chi connectivity index (χ0n) is 9.92. The summed E-state index contributed by atoms with van der Waals surface area (Å²) in [6.45, 7) is 10.3. The Morgan fingerprint density at radius 2 is 2.27 bits per heavy atom. The van der Waals surface area contributed by atoms with Gasteiger partial charge in [0, 0.05) is 25.7 Å². The third kappa shape index (κ3) is 4.18. The smallest absolute Gasteiger partial charge is 0.304 e. The molecule has 15 heavy (non-hydrogen) atoms. The number of rotatable bonds is 3. The van der Waals surface area contributed by atoms with Crippen molar-refractivity contribution in [1.82, 2.24) is 10.2 Å². The van der Waals surface area contributed by atoms with Crippen molar-refractivity contribution in [2.45, 2.75) is 33.2 Å². The highest BCUT2D eigenvalue weighted by atomic mass is 16.4. The molecular weight excluding hydrogens is 192 g/mol. The van der Waals surface area contributed by atoms with Crippen LogP contribution in [0.15, 0.2) is 0 Å². The van der Waals surface area contributed by atoms with E-state index in [1.807, 2.05) is 0 Å². The first kappa shape index (κ1) is 12.5. The van der Waals surface area contributed by atoms with Crippen LogP contribution in [0, 0.1) is 5.41 Å². The standard InChI is InChI=1S/C11H22N2O2/c1-4-13-6-9(5-10(14)15)12-7-11(2,3)8-13/h9,12H,4-8H2,1-3H3,(H,14,15). The van der Waals surface area contributed by atoms with Gasteiger partial charge >= 0.3 is 5.97 Å². The quantitative estimate of drug-likeness (QED) is 0.729. The fourth-order valence-electron chi connectivity index (χ4n) is 2.11. The van der Waals surface area contributed by atoms with Crippen molar-refractivity contribution >= 4 is 5.97 Å². The molecule has 1 saturated heterocycles. The fourth-order valence-corrected chi connectivity index (χ4v) is 2.11. The molecule has 0 spiro atoms. The van der Waals surface area contributed by atoms with Crippen molar-refractivity contribution in [1.29, 1.82) is 0 Å². The topological polar surface area (TPSA) is 52.6 Å². The van der Waals surface area contributed by atoms with Crippen molar-refractivity contribution in [2.24, 2.45) is 5.41 Å². The van der Waals surface area contributed by atoms with Crippen molar-refractivity contribution in [3.8, 4) is 0 Å². The van der Waals surface area contributed by atoms with Gasteiger partial charge in [0.15, 0.2) is 0 Å². The van der Waals surface area contributed by atoms with Gasteiger partial charge in [-0.05, 0) is 12.0 Å². The molecule has 1 aliphatic rings. The minimum atomic E-state index is -0.719. The van der Waals surface area contributed by atoms with E-state index in [4.69, 9.17) is 5.11 Å². The van der Waals surface area contributed by atoms with Crippen molar-refractivity contribution in [3.05, 3.63) is 0 Å². The van der Waals surface area contributed by atoms with Crippen molar-refractivity contribution in [2.75, 3.05) is 26.2 Å². The summed E-state index contributed by atoms with van der Waals surface area (Å²) in [5.74, 6) is -0.719. The molecular formula is C11H22N2O2. The Labute approximate surface area is 91.6 Å². The fraction of sp³-hybridized carbons (Fsp3) is 0.909. The van der Waals surface area contributed by atoms with E-state index in [-0.39, 0.29) is 17.9 Å². The Kier molecular flexibility index (Phi) is 4.11. The van der Waals surface area contributed by atoms with Gasteiger partial charge in [-0.3, -0.25) is 4.79 Å². The van der Waals surface area contributed by atoms with E-state index in [1.54, 1.807) is 0 Å². The number of nitrogens with zero attached hydrogens (tertiary/aromatic N) is 1. The summed E-state index contributed by atoms with van der Waals surface area (Å²) >= 11 is 0. The van der Waals surface area contributed by atoms with E-state index in [2.05, 4.69) is 31.0 Å². The number of likely N-dealkylation sites (N-methyl/N-ethyl adjacent to an activating group) is 1. The van der Waals surface area contributed by atoms with E-state index >= 15 is 0 Å². The van der Waals surface area contributed by atoms with Crippen LogP contribution in [0.3, 0.4) is 0 Å². The number of nitrogens with one attached hydrogen (secondary N) is 1. The molecule has 2 N–H and O–H groups in total. The highest BCUT2D eigenvalue weighted by Crippen LogP contribution is 2.19. The van der Waals surface area contributed by atoms with Crippen molar-refractivity contribution < 1.29 is 9.90 Å². The molecule has 0 saturated carbocycles. The molecule has 0 aromatic carbocycles. The van der Waals surface area contributed by atoms with Gasteiger partial charge in [0.1, 0.15) is 0 Å². The van der Waals surface area contributed by atoms with Gasteiger partial charge < -0.3 is 15.3 Å². The third-order valence-corrected chi connectivity index (χ3v) is 2.87. The van der Waals surface area contributed by atoms with Crippen LogP contribution in [0.2, 0.25) is 0 Å². The molecule has 0 amide bonds. The molecule has 1 atom stereocenters. The lowest BCUT2D eigenvalue weighted by Crippen LogP contribution is -2.39. The predicted molar refractivity (Wildman–Crippen MR) is 59.9 cm³/mol. The summed E-state index contributed by atoms with van der Waals surface area (Å²) in [5, 5.41) is 12.1. The lowest BCUT2D eigenvalue weighted by atomic mass is 9.93. The molecule has 0 aliphatic carbocycles. The average Bonchev–Trinajstić information content (AvgIpc) is 2.24. The first-order chi connectivity index (χ1) is 6.93. The number of carboxylic acid groups (broad SMARTS) is 1. The molecule has 0 bridgehead atoms. The van der Waals surface area contributed by atoms with E-state index in [9.17, 15) is 4.79 Å². The van der Waals surface area contributed by atoms with Gasteiger partial charge in [-0.15, -0.1) is 0 Å². The highest BCUT2D eigenvalue weighted by molar-refractivity contribution is 5.67. The summed E-state index contributed by atoms with van der Waals surface area (Å²) in [6, 6.07) is 0.0872.